The van der Waals surface area contributed by atoms with E-state index in [1.807, 2.05) is 0 Å². The van der Waals surface area contributed by atoms with E-state index in [0.717, 1.165) is 25.9 Å². The van der Waals surface area contributed by atoms with Crippen LogP contribution in [0.1, 0.15) is 12.8 Å². The minimum absolute atomic E-state index is 0.366. The van der Waals surface area contributed by atoms with Crippen molar-refractivity contribution in [2.24, 2.45) is 11.8 Å². The Balaban J connectivity index is 2.07. The van der Waals surface area contributed by atoms with Crippen LogP contribution in [0, 0.1) is 11.8 Å². The Kier molecular flexibility index (Phi) is 1.22. The standard InChI is InChI=1S/C7H12FN/c8-7-2-1-5-3-9-4-6(5)7/h5-7,9H,1-4H2/t5-,6-,7-/m0/s1. The molecule has 1 nitrogen and oxygen atoms in total. The zero-order valence-electron chi connectivity index (χ0n) is 5.44. The molecular weight excluding hydrogens is 117 g/mol. The summed E-state index contributed by atoms with van der Waals surface area (Å²) in [7, 11) is 0. The highest BCUT2D eigenvalue weighted by Gasteiger charge is 2.38. The molecule has 0 aromatic heterocycles. The van der Waals surface area contributed by atoms with Crippen LogP contribution in [-0.2, 0) is 0 Å². The number of halogens is 1. The maximum absolute atomic E-state index is 12.8. The van der Waals surface area contributed by atoms with Gasteiger partial charge in [-0.2, -0.15) is 0 Å². The Morgan fingerprint density at radius 2 is 2.11 bits per heavy atom. The van der Waals surface area contributed by atoms with E-state index in [4.69, 9.17) is 0 Å². The van der Waals surface area contributed by atoms with Gasteiger partial charge in [0.1, 0.15) is 6.17 Å². The monoisotopic (exact) mass is 129 g/mol. The fourth-order valence-corrected chi connectivity index (χ4v) is 2.08. The normalized spacial score (nSPS) is 49.7. The Morgan fingerprint density at radius 1 is 1.22 bits per heavy atom. The SMILES string of the molecule is F[C@H]1CC[C@H]2CNC[C@@H]21. The van der Waals surface area contributed by atoms with Crippen LogP contribution >= 0.6 is 0 Å². The van der Waals surface area contributed by atoms with Crippen molar-refractivity contribution in [2.75, 3.05) is 13.1 Å². The van der Waals surface area contributed by atoms with Crippen molar-refractivity contribution in [1.82, 2.24) is 5.32 Å². The lowest BCUT2D eigenvalue weighted by molar-refractivity contribution is 0.260. The molecule has 1 aliphatic heterocycles. The second kappa shape index (κ2) is 1.94. The van der Waals surface area contributed by atoms with Gasteiger partial charge in [0.05, 0.1) is 0 Å². The van der Waals surface area contributed by atoms with Crippen LogP contribution in [0.4, 0.5) is 4.39 Å². The van der Waals surface area contributed by atoms with Crippen LogP contribution in [0.5, 0.6) is 0 Å². The Morgan fingerprint density at radius 3 is 2.89 bits per heavy atom. The number of fused-ring (bicyclic) bond motifs is 1. The van der Waals surface area contributed by atoms with Gasteiger partial charge < -0.3 is 5.32 Å². The molecule has 1 aliphatic carbocycles. The van der Waals surface area contributed by atoms with Gasteiger partial charge in [-0.3, -0.25) is 0 Å². The number of alkyl halides is 1. The Bertz CT molecular complexity index is 115. The summed E-state index contributed by atoms with van der Waals surface area (Å²) in [6.07, 6.45) is 1.43. The predicted octanol–water partition coefficient (Wildman–Crippen LogP) is 0.954. The van der Waals surface area contributed by atoms with Gasteiger partial charge in [-0.25, -0.2) is 4.39 Å². The minimum Gasteiger partial charge on any atom is -0.316 e. The lowest BCUT2D eigenvalue weighted by Gasteiger charge is -2.07. The van der Waals surface area contributed by atoms with Crippen molar-refractivity contribution in [3.8, 4) is 0 Å². The van der Waals surface area contributed by atoms with Gasteiger partial charge in [-0.15, -0.1) is 0 Å². The molecule has 0 unspecified atom stereocenters. The highest BCUT2D eigenvalue weighted by atomic mass is 19.1. The van der Waals surface area contributed by atoms with Gasteiger partial charge in [0.25, 0.3) is 0 Å². The zero-order chi connectivity index (χ0) is 6.27. The first kappa shape index (κ1) is 5.66. The molecule has 0 bridgehead atoms. The summed E-state index contributed by atoms with van der Waals surface area (Å²) in [6.45, 7) is 1.98. The Labute approximate surface area is 54.6 Å². The highest BCUT2D eigenvalue weighted by molar-refractivity contribution is 4.91. The molecule has 0 spiro atoms. The summed E-state index contributed by atoms with van der Waals surface area (Å²) < 4.78 is 12.8. The van der Waals surface area contributed by atoms with Crippen molar-refractivity contribution >= 4 is 0 Å². The minimum atomic E-state index is -0.495. The fraction of sp³-hybridized carbons (Fsp3) is 1.00. The summed E-state index contributed by atoms with van der Waals surface area (Å²) in [5, 5.41) is 3.21. The number of hydrogen-bond donors (Lipinski definition) is 1. The van der Waals surface area contributed by atoms with E-state index in [1.165, 1.54) is 0 Å². The van der Waals surface area contributed by atoms with E-state index in [9.17, 15) is 4.39 Å². The molecule has 3 atom stereocenters. The molecule has 2 heteroatoms. The Hall–Kier alpha value is -0.110. The molecule has 2 fully saturated rings. The van der Waals surface area contributed by atoms with E-state index < -0.39 is 6.17 Å². The van der Waals surface area contributed by atoms with Crippen LogP contribution < -0.4 is 5.32 Å². The lowest BCUT2D eigenvalue weighted by Crippen LogP contribution is -2.16. The first-order valence-corrected chi connectivity index (χ1v) is 3.72. The topological polar surface area (TPSA) is 12.0 Å². The van der Waals surface area contributed by atoms with Crippen molar-refractivity contribution in [2.45, 2.75) is 19.0 Å². The second-order valence-corrected chi connectivity index (χ2v) is 3.18. The van der Waals surface area contributed by atoms with E-state index in [1.54, 1.807) is 0 Å². The highest BCUT2D eigenvalue weighted by Crippen LogP contribution is 2.36. The van der Waals surface area contributed by atoms with Crippen molar-refractivity contribution in [3.63, 3.8) is 0 Å². The summed E-state index contributed by atoms with van der Waals surface area (Å²) >= 11 is 0. The average molecular weight is 129 g/mol. The third kappa shape index (κ3) is 0.767. The number of nitrogens with one attached hydrogen (secondary N) is 1. The van der Waals surface area contributed by atoms with Gasteiger partial charge in [0.15, 0.2) is 0 Å². The quantitative estimate of drug-likeness (QED) is 0.513. The zero-order valence-corrected chi connectivity index (χ0v) is 5.44. The lowest BCUT2D eigenvalue weighted by atomic mass is 10.0. The van der Waals surface area contributed by atoms with Crippen LogP contribution in [-0.4, -0.2) is 19.3 Å². The molecule has 52 valence electrons. The molecular formula is C7H12FN. The molecule has 1 saturated carbocycles. The molecule has 1 N–H and O–H groups in total. The second-order valence-electron chi connectivity index (χ2n) is 3.18. The van der Waals surface area contributed by atoms with Gasteiger partial charge in [-0.05, 0) is 25.3 Å². The molecule has 1 saturated heterocycles. The first-order chi connectivity index (χ1) is 4.38. The summed E-state index contributed by atoms with van der Waals surface area (Å²) in [5.74, 6) is 1.03. The third-order valence-corrected chi connectivity index (χ3v) is 2.67. The molecule has 1 heterocycles. The molecule has 0 radical (unpaired) electrons. The van der Waals surface area contributed by atoms with Gasteiger partial charge in [0.2, 0.25) is 0 Å². The van der Waals surface area contributed by atoms with Gasteiger partial charge in [-0.1, -0.05) is 0 Å². The molecule has 0 aromatic rings. The summed E-state index contributed by atoms with van der Waals surface area (Å²) in [6, 6.07) is 0. The smallest absolute Gasteiger partial charge is 0.104 e. The fourth-order valence-electron chi connectivity index (χ4n) is 2.08. The van der Waals surface area contributed by atoms with E-state index in [-0.39, 0.29) is 0 Å². The number of rotatable bonds is 0. The predicted molar refractivity (Wildman–Crippen MR) is 34.0 cm³/mol. The third-order valence-electron chi connectivity index (χ3n) is 2.67. The van der Waals surface area contributed by atoms with E-state index in [2.05, 4.69) is 5.32 Å². The molecule has 0 amide bonds. The van der Waals surface area contributed by atoms with Gasteiger partial charge >= 0.3 is 0 Å². The largest absolute Gasteiger partial charge is 0.316 e. The molecule has 9 heavy (non-hydrogen) atoms. The van der Waals surface area contributed by atoms with Crippen molar-refractivity contribution < 1.29 is 4.39 Å². The van der Waals surface area contributed by atoms with Crippen LogP contribution in [0.2, 0.25) is 0 Å². The number of hydrogen-bond acceptors (Lipinski definition) is 1. The molecule has 0 aromatic carbocycles. The van der Waals surface area contributed by atoms with Crippen LogP contribution in [0.3, 0.4) is 0 Å². The molecule has 2 aliphatic rings. The maximum Gasteiger partial charge on any atom is 0.104 e. The van der Waals surface area contributed by atoms with Crippen molar-refractivity contribution in [1.29, 1.82) is 0 Å². The van der Waals surface area contributed by atoms with Gasteiger partial charge in [0, 0.05) is 12.5 Å². The van der Waals surface area contributed by atoms with Crippen LogP contribution in [0.25, 0.3) is 0 Å². The van der Waals surface area contributed by atoms with Crippen molar-refractivity contribution in [3.05, 3.63) is 0 Å². The summed E-state index contributed by atoms with van der Waals surface area (Å²) in [4.78, 5) is 0. The van der Waals surface area contributed by atoms with E-state index >= 15 is 0 Å². The average Bonchev–Trinajstić information content (AvgIpc) is 2.35. The van der Waals surface area contributed by atoms with E-state index in [0.29, 0.717) is 11.8 Å². The maximum atomic E-state index is 12.8. The summed E-state index contributed by atoms with van der Waals surface area (Å²) in [5.41, 5.74) is 0. The first-order valence-electron chi connectivity index (χ1n) is 3.72. The molecule has 2 rings (SSSR count). The van der Waals surface area contributed by atoms with Crippen LogP contribution in [0.15, 0.2) is 0 Å².